The molecule has 2 aromatic carbocycles. The average molecular weight is 324 g/mol. The molecule has 0 atom stereocenters. The molecule has 0 unspecified atom stereocenters. The van der Waals surface area contributed by atoms with Crippen LogP contribution in [0.3, 0.4) is 0 Å². The normalized spacial score (nSPS) is 10.7. The van der Waals surface area contributed by atoms with E-state index < -0.39 is 0 Å². The van der Waals surface area contributed by atoms with Crippen LogP contribution in [0.4, 0.5) is 10.5 Å². The molecule has 1 N–H and O–H groups in total. The zero-order valence-electron chi connectivity index (χ0n) is 15.0. The number of hydrogen-bond donors (Lipinski definition) is 1. The van der Waals surface area contributed by atoms with Crippen molar-refractivity contribution in [3.05, 3.63) is 65.7 Å². The molecule has 0 aromatic heterocycles. The minimum absolute atomic E-state index is 0.0374. The first kappa shape index (κ1) is 18.1. The van der Waals surface area contributed by atoms with Crippen LogP contribution in [-0.2, 0) is 6.54 Å². The predicted octanol–water partition coefficient (Wildman–Crippen LogP) is 5.64. The highest BCUT2D eigenvalue weighted by Gasteiger charge is 2.13. The molecule has 0 aliphatic heterocycles. The van der Waals surface area contributed by atoms with E-state index in [1.807, 2.05) is 35.2 Å². The van der Waals surface area contributed by atoms with E-state index in [1.54, 1.807) is 0 Å². The van der Waals surface area contributed by atoms with E-state index in [9.17, 15) is 4.79 Å². The number of nitrogens with one attached hydrogen (secondary N) is 1. The van der Waals surface area contributed by atoms with E-state index in [0.29, 0.717) is 12.5 Å². The number of amides is 2. The van der Waals surface area contributed by atoms with Gasteiger partial charge in [0, 0.05) is 18.8 Å². The molecule has 0 spiro atoms. The van der Waals surface area contributed by atoms with Crippen LogP contribution in [0.2, 0.25) is 0 Å². The first-order valence-corrected chi connectivity index (χ1v) is 8.80. The summed E-state index contributed by atoms with van der Waals surface area (Å²) in [6.45, 7) is 7.88. The fourth-order valence-corrected chi connectivity index (χ4v) is 2.56. The third-order valence-electron chi connectivity index (χ3n) is 4.11. The lowest BCUT2D eigenvalue weighted by Gasteiger charge is -2.23. The second-order valence-corrected chi connectivity index (χ2v) is 6.47. The average Bonchev–Trinajstić information content (AvgIpc) is 2.60. The number of unbranched alkanes of at least 4 members (excludes halogenated alkanes) is 1. The summed E-state index contributed by atoms with van der Waals surface area (Å²) in [6.07, 6.45) is 2.08. The van der Waals surface area contributed by atoms with Crippen molar-refractivity contribution >= 4 is 11.7 Å². The van der Waals surface area contributed by atoms with Gasteiger partial charge in [0.25, 0.3) is 0 Å². The summed E-state index contributed by atoms with van der Waals surface area (Å²) in [5, 5.41) is 3.02. The molecule has 128 valence electrons. The maximum atomic E-state index is 12.7. The monoisotopic (exact) mass is 324 g/mol. The largest absolute Gasteiger partial charge is 0.322 e. The Bertz CT molecular complexity index is 620. The number of carbonyl (C=O) groups excluding carboxylic acids is 1. The Hall–Kier alpha value is -2.29. The van der Waals surface area contributed by atoms with E-state index in [1.165, 1.54) is 5.56 Å². The molecule has 0 bridgehead atoms. The number of benzene rings is 2. The fraction of sp³-hybridized carbons (Fsp3) is 0.381. The summed E-state index contributed by atoms with van der Waals surface area (Å²) in [4.78, 5) is 14.5. The fourth-order valence-electron chi connectivity index (χ4n) is 2.56. The molecule has 0 saturated carbocycles. The smallest absolute Gasteiger partial charge is 0.320 e. The van der Waals surface area contributed by atoms with Crippen molar-refractivity contribution in [1.82, 2.24) is 4.90 Å². The summed E-state index contributed by atoms with van der Waals surface area (Å²) in [7, 11) is 0. The Morgan fingerprint density at radius 2 is 1.71 bits per heavy atom. The number of urea groups is 1. The lowest BCUT2D eigenvalue weighted by Crippen LogP contribution is -2.35. The van der Waals surface area contributed by atoms with Crippen molar-refractivity contribution in [3.8, 4) is 0 Å². The first-order chi connectivity index (χ1) is 11.6. The highest BCUT2D eigenvalue weighted by atomic mass is 16.2. The van der Waals surface area contributed by atoms with Gasteiger partial charge in [-0.15, -0.1) is 0 Å². The molecule has 0 heterocycles. The number of nitrogens with zero attached hydrogens (tertiary/aromatic N) is 1. The van der Waals surface area contributed by atoms with Gasteiger partial charge in [-0.2, -0.15) is 0 Å². The van der Waals surface area contributed by atoms with Crippen LogP contribution in [-0.4, -0.2) is 17.5 Å². The molecule has 2 rings (SSSR count). The summed E-state index contributed by atoms with van der Waals surface area (Å²) >= 11 is 0. The second kappa shape index (κ2) is 9.11. The molecule has 24 heavy (non-hydrogen) atoms. The number of carbonyl (C=O) groups is 1. The van der Waals surface area contributed by atoms with Crippen LogP contribution in [0.5, 0.6) is 0 Å². The van der Waals surface area contributed by atoms with Gasteiger partial charge in [-0.1, -0.05) is 69.7 Å². The Morgan fingerprint density at radius 3 is 2.29 bits per heavy atom. The molecule has 2 aromatic rings. The minimum atomic E-state index is -0.0374. The number of rotatable bonds is 7. The summed E-state index contributed by atoms with van der Waals surface area (Å²) < 4.78 is 0. The van der Waals surface area contributed by atoms with Gasteiger partial charge in [-0.3, -0.25) is 0 Å². The van der Waals surface area contributed by atoms with Crippen molar-refractivity contribution in [1.29, 1.82) is 0 Å². The summed E-state index contributed by atoms with van der Waals surface area (Å²) in [6, 6.07) is 18.2. The third kappa shape index (κ3) is 5.41. The van der Waals surface area contributed by atoms with Crippen LogP contribution >= 0.6 is 0 Å². The zero-order chi connectivity index (χ0) is 17.4. The van der Waals surface area contributed by atoms with Gasteiger partial charge in [0.15, 0.2) is 0 Å². The molecule has 3 nitrogen and oxygen atoms in total. The maximum Gasteiger partial charge on any atom is 0.322 e. The summed E-state index contributed by atoms with van der Waals surface area (Å²) in [5.41, 5.74) is 3.28. The van der Waals surface area contributed by atoms with Gasteiger partial charge in [-0.25, -0.2) is 4.79 Å². The van der Waals surface area contributed by atoms with Crippen LogP contribution in [0, 0.1) is 0 Å². The maximum absolute atomic E-state index is 12.7. The molecule has 0 saturated heterocycles. The van der Waals surface area contributed by atoms with Gasteiger partial charge >= 0.3 is 6.03 Å². The standard InChI is InChI=1S/C21H28N2O/c1-4-5-15-23(16-18-9-7-6-8-10-18)21(24)22-20-13-11-19(12-14-20)17(2)3/h6-14,17H,4-5,15-16H2,1-3H3,(H,22,24). The van der Waals surface area contributed by atoms with Crippen LogP contribution in [0.25, 0.3) is 0 Å². The van der Waals surface area contributed by atoms with E-state index >= 15 is 0 Å². The number of anilines is 1. The van der Waals surface area contributed by atoms with Crippen molar-refractivity contribution in [3.63, 3.8) is 0 Å². The highest BCUT2D eigenvalue weighted by Crippen LogP contribution is 2.18. The second-order valence-electron chi connectivity index (χ2n) is 6.47. The van der Waals surface area contributed by atoms with Crippen LogP contribution < -0.4 is 5.32 Å². The third-order valence-corrected chi connectivity index (χ3v) is 4.11. The molecule has 2 amide bonds. The van der Waals surface area contributed by atoms with Gasteiger partial charge in [-0.05, 0) is 35.6 Å². The molecule has 3 heteroatoms. The zero-order valence-corrected chi connectivity index (χ0v) is 15.0. The van der Waals surface area contributed by atoms with Crippen LogP contribution in [0.1, 0.15) is 50.7 Å². The highest BCUT2D eigenvalue weighted by molar-refractivity contribution is 5.89. The Balaban J connectivity index is 2.03. The number of hydrogen-bond acceptors (Lipinski definition) is 1. The minimum Gasteiger partial charge on any atom is -0.320 e. The molecule has 0 aliphatic carbocycles. The molecular weight excluding hydrogens is 296 g/mol. The topological polar surface area (TPSA) is 32.3 Å². The molecule has 0 fully saturated rings. The predicted molar refractivity (Wildman–Crippen MR) is 101 cm³/mol. The SMILES string of the molecule is CCCCN(Cc1ccccc1)C(=O)Nc1ccc(C(C)C)cc1. The quantitative estimate of drug-likeness (QED) is 0.702. The van der Waals surface area contributed by atoms with Crippen molar-refractivity contribution in [2.24, 2.45) is 0 Å². The van der Waals surface area contributed by atoms with E-state index in [0.717, 1.165) is 30.6 Å². The van der Waals surface area contributed by atoms with E-state index in [-0.39, 0.29) is 6.03 Å². The van der Waals surface area contributed by atoms with Crippen molar-refractivity contribution in [2.45, 2.75) is 46.1 Å². The van der Waals surface area contributed by atoms with Gasteiger partial charge in [0.05, 0.1) is 0 Å². The molecule has 0 aliphatic rings. The summed E-state index contributed by atoms with van der Waals surface area (Å²) in [5.74, 6) is 0.494. The molecule has 0 radical (unpaired) electrons. The lowest BCUT2D eigenvalue weighted by atomic mass is 10.0. The Labute approximate surface area is 145 Å². The van der Waals surface area contributed by atoms with Crippen LogP contribution in [0.15, 0.2) is 54.6 Å². The molecular formula is C21H28N2O. The first-order valence-electron chi connectivity index (χ1n) is 8.80. The van der Waals surface area contributed by atoms with Crippen molar-refractivity contribution in [2.75, 3.05) is 11.9 Å². The van der Waals surface area contributed by atoms with Gasteiger partial charge in [0.2, 0.25) is 0 Å². The van der Waals surface area contributed by atoms with E-state index in [4.69, 9.17) is 0 Å². The Kier molecular flexibility index (Phi) is 6.86. The Morgan fingerprint density at radius 1 is 1.04 bits per heavy atom. The van der Waals surface area contributed by atoms with Crippen molar-refractivity contribution < 1.29 is 4.79 Å². The van der Waals surface area contributed by atoms with Gasteiger partial charge < -0.3 is 10.2 Å². The van der Waals surface area contributed by atoms with Gasteiger partial charge in [0.1, 0.15) is 0 Å². The van der Waals surface area contributed by atoms with E-state index in [2.05, 4.69) is 50.4 Å². The lowest BCUT2D eigenvalue weighted by molar-refractivity contribution is 0.208.